The highest BCUT2D eigenvalue weighted by molar-refractivity contribution is 8.03. The number of amides is 2. The van der Waals surface area contributed by atoms with E-state index in [-0.39, 0.29) is 11.8 Å². The van der Waals surface area contributed by atoms with E-state index in [0.717, 1.165) is 27.8 Å². The van der Waals surface area contributed by atoms with Crippen molar-refractivity contribution in [2.75, 3.05) is 4.90 Å². The molecule has 4 rings (SSSR count). The molecule has 0 fully saturated rings. The first kappa shape index (κ1) is 21.4. The Hall–Kier alpha value is -2.82. The van der Waals surface area contributed by atoms with Gasteiger partial charge in [-0.05, 0) is 60.7 Å². The van der Waals surface area contributed by atoms with E-state index in [0.29, 0.717) is 26.9 Å². The molecule has 3 nitrogen and oxygen atoms in total. The molecular formula is C26H22ClNO2S. The van der Waals surface area contributed by atoms with Crippen LogP contribution < -0.4 is 4.90 Å². The lowest BCUT2D eigenvalue weighted by Crippen LogP contribution is -2.31. The van der Waals surface area contributed by atoms with Gasteiger partial charge < -0.3 is 0 Å². The van der Waals surface area contributed by atoms with Crippen molar-refractivity contribution in [2.24, 2.45) is 0 Å². The third-order valence-electron chi connectivity index (χ3n) is 5.48. The number of rotatable bonds is 5. The predicted octanol–water partition coefficient (Wildman–Crippen LogP) is 6.48. The molecule has 0 unspecified atom stereocenters. The maximum Gasteiger partial charge on any atom is 0.272 e. The van der Waals surface area contributed by atoms with Crippen LogP contribution in [0.15, 0.2) is 71.6 Å². The third kappa shape index (κ3) is 4.18. The minimum absolute atomic E-state index is 0.306. The second-order valence-corrected chi connectivity index (χ2v) is 9.05. The summed E-state index contributed by atoms with van der Waals surface area (Å²) < 4.78 is 0. The van der Waals surface area contributed by atoms with Crippen LogP contribution in [-0.4, -0.2) is 11.8 Å². The van der Waals surface area contributed by atoms with Gasteiger partial charge in [0.25, 0.3) is 11.8 Å². The number of imide groups is 1. The van der Waals surface area contributed by atoms with E-state index < -0.39 is 0 Å². The Bertz CT molecular complexity index is 1220. The number of hydrogen-bond donors (Lipinski definition) is 0. The minimum Gasteiger partial charge on any atom is -0.268 e. The van der Waals surface area contributed by atoms with E-state index in [1.54, 1.807) is 12.1 Å². The van der Waals surface area contributed by atoms with Gasteiger partial charge in [-0.2, -0.15) is 0 Å². The molecular weight excluding hydrogens is 426 g/mol. The molecule has 0 bridgehead atoms. The molecule has 2 amide bonds. The van der Waals surface area contributed by atoms with Crippen molar-refractivity contribution < 1.29 is 9.59 Å². The number of aryl methyl sites for hydroxylation is 3. The zero-order chi connectivity index (χ0) is 22.1. The van der Waals surface area contributed by atoms with Gasteiger partial charge in [0.15, 0.2) is 0 Å². The molecule has 0 atom stereocenters. The number of anilines is 1. The highest BCUT2D eigenvalue weighted by atomic mass is 35.5. The van der Waals surface area contributed by atoms with E-state index in [2.05, 4.69) is 0 Å². The van der Waals surface area contributed by atoms with Crippen molar-refractivity contribution in [3.63, 3.8) is 0 Å². The quantitative estimate of drug-likeness (QED) is 0.420. The van der Waals surface area contributed by atoms with Crippen molar-refractivity contribution in [1.29, 1.82) is 0 Å². The molecule has 0 aliphatic carbocycles. The van der Waals surface area contributed by atoms with Gasteiger partial charge in [0.2, 0.25) is 0 Å². The van der Waals surface area contributed by atoms with Crippen LogP contribution in [0.4, 0.5) is 5.69 Å². The number of thioether (sulfide) groups is 1. The Morgan fingerprint density at radius 3 is 2.19 bits per heavy atom. The molecule has 1 heterocycles. The summed E-state index contributed by atoms with van der Waals surface area (Å²) in [5.74, 6) is -0.0192. The molecule has 5 heteroatoms. The molecule has 0 spiro atoms. The fourth-order valence-corrected chi connectivity index (χ4v) is 4.72. The Morgan fingerprint density at radius 1 is 0.806 bits per heavy atom. The van der Waals surface area contributed by atoms with E-state index >= 15 is 0 Å². The number of hydrogen-bond acceptors (Lipinski definition) is 3. The SMILES string of the molecule is Cc1ccc(C2=C(SCc3ccccc3)C(=O)N(c3ccc(C)c(Cl)c3)C2=O)cc1C. The van der Waals surface area contributed by atoms with Gasteiger partial charge >= 0.3 is 0 Å². The molecule has 0 N–H and O–H groups in total. The van der Waals surface area contributed by atoms with Gasteiger partial charge in [0.1, 0.15) is 0 Å². The second kappa shape index (κ2) is 8.74. The lowest BCUT2D eigenvalue weighted by Gasteiger charge is -2.16. The summed E-state index contributed by atoms with van der Waals surface area (Å²) in [6, 6.07) is 21.1. The second-order valence-electron chi connectivity index (χ2n) is 7.66. The Morgan fingerprint density at radius 2 is 1.52 bits per heavy atom. The zero-order valence-corrected chi connectivity index (χ0v) is 19.2. The molecule has 3 aromatic rings. The minimum atomic E-state index is -0.316. The number of carbonyl (C=O) groups is 2. The first-order chi connectivity index (χ1) is 14.9. The monoisotopic (exact) mass is 447 g/mol. The fourth-order valence-electron chi connectivity index (χ4n) is 3.48. The van der Waals surface area contributed by atoms with Gasteiger partial charge in [-0.25, -0.2) is 4.90 Å². The molecule has 0 radical (unpaired) electrons. The Balaban J connectivity index is 1.78. The first-order valence-electron chi connectivity index (χ1n) is 10.0. The number of benzene rings is 3. The molecule has 31 heavy (non-hydrogen) atoms. The zero-order valence-electron chi connectivity index (χ0n) is 17.6. The van der Waals surface area contributed by atoms with Crippen molar-refractivity contribution >= 4 is 46.4 Å². The summed E-state index contributed by atoms with van der Waals surface area (Å²) in [6.45, 7) is 5.93. The maximum absolute atomic E-state index is 13.5. The number of carbonyl (C=O) groups excluding carboxylic acids is 2. The van der Waals surface area contributed by atoms with E-state index in [1.807, 2.05) is 75.4 Å². The van der Waals surface area contributed by atoms with Gasteiger partial charge in [-0.15, -0.1) is 11.8 Å². The van der Waals surface area contributed by atoms with Crippen molar-refractivity contribution in [2.45, 2.75) is 26.5 Å². The van der Waals surface area contributed by atoms with E-state index in [9.17, 15) is 9.59 Å². The largest absolute Gasteiger partial charge is 0.272 e. The van der Waals surface area contributed by atoms with Crippen LogP contribution in [0.3, 0.4) is 0 Å². The number of nitrogens with zero attached hydrogens (tertiary/aromatic N) is 1. The maximum atomic E-state index is 13.5. The first-order valence-corrected chi connectivity index (χ1v) is 11.4. The summed E-state index contributed by atoms with van der Waals surface area (Å²) in [5, 5.41) is 0.524. The topological polar surface area (TPSA) is 37.4 Å². The van der Waals surface area contributed by atoms with Crippen LogP contribution in [0.25, 0.3) is 5.57 Å². The molecule has 3 aromatic carbocycles. The Kier molecular flexibility index (Phi) is 6.03. The predicted molar refractivity (Wildman–Crippen MR) is 129 cm³/mol. The Labute approximate surface area is 191 Å². The lowest BCUT2D eigenvalue weighted by molar-refractivity contribution is -0.119. The third-order valence-corrected chi connectivity index (χ3v) is 7.03. The van der Waals surface area contributed by atoms with Crippen LogP contribution in [0.5, 0.6) is 0 Å². The summed E-state index contributed by atoms with van der Waals surface area (Å²) in [6.07, 6.45) is 0. The molecule has 156 valence electrons. The standard InChI is InChI=1S/C26H22ClNO2S/c1-16-9-11-20(13-18(16)3)23-24(31-15-19-7-5-4-6-8-19)26(30)28(25(23)29)21-12-10-17(2)22(27)14-21/h4-14H,15H2,1-3H3. The van der Waals surface area contributed by atoms with Crippen LogP contribution in [-0.2, 0) is 15.3 Å². The summed E-state index contributed by atoms with van der Waals surface area (Å²) in [5.41, 5.74) is 5.91. The van der Waals surface area contributed by atoms with Crippen LogP contribution in [0.2, 0.25) is 5.02 Å². The fraction of sp³-hybridized carbons (Fsp3) is 0.154. The van der Waals surface area contributed by atoms with Crippen LogP contribution >= 0.6 is 23.4 Å². The normalized spacial score (nSPS) is 14.0. The molecule has 0 saturated carbocycles. The average Bonchev–Trinajstić information content (AvgIpc) is 3.01. The smallest absolute Gasteiger partial charge is 0.268 e. The van der Waals surface area contributed by atoms with Gasteiger partial charge in [0, 0.05) is 10.8 Å². The average molecular weight is 448 g/mol. The molecule has 1 aliphatic rings. The van der Waals surface area contributed by atoms with Gasteiger partial charge in [0.05, 0.1) is 16.2 Å². The number of halogens is 1. The summed E-state index contributed by atoms with van der Waals surface area (Å²) in [7, 11) is 0. The van der Waals surface area contributed by atoms with Gasteiger partial charge in [-0.3, -0.25) is 9.59 Å². The lowest BCUT2D eigenvalue weighted by atomic mass is 10.0. The molecule has 0 aromatic heterocycles. The highest BCUT2D eigenvalue weighted by Crippen LogP contribution is 2.40. The van der Waals surface area contributed by atoms with Crippen molar-refractivity contribution in [3.8, 4) is 0 Å². The van der Waals surface area contributed by atoms with Crippen molar-refractivity contribution in [1.82, 2.24) is 0 Å². The summed E-state index contributed by atoms with van der Waals surface area (Å²) >= 11 is 7.69. The molecule has 1 aliphatic heterocycles. The van der Waals surface area contributed by atoms with Crippen molar-refractivity contribution in [3.05, 3.63) is 104 Å². The molecule has 0 saturated heterocycles. The van der Waals surface area contributed by atoms with Crippen LogP contribution in [0, 0.1) is 20.8 Å². The van der Waals surface area contributed by atoms with E-state index in [1.165, 1.54) is 16.7 Å². The van der Waals surface area contributed by atoms with Crippen LogP contribution in [0.1, 0.15) is 27.8 Å². The highest BCUT2D eigenvalue weighted by Gasteiger charge is 2.40. The van der Waals surface area contributed by atoms with Gasteiger partial charge in [-0.1, -0.05) is 66.2 Å². The van der Waals surface area contributed by atoms with E-state index in [4.69, 9.17) is 11.6 Å². The summed E-state index contributed by atoms with van der Waals surface area (Å²) in [4.78, 5) is 28.7.